The molecular weight excluding hydrogens is 456 g/mol. The monoisotopic (exact) mass is 486 g/mol. The Labute approximate surface area is 217 Å². The molecule has 1 N–H and O–H groups in total. The molecule has 0 bridgehead atoms. The largest absolute Gasteiger partial charge is 0.381 e. The number of rotatable bonds is 5. The number of hydrogen-bond donors (Lipinski definition) is 1. The molecule has 0 unspecified atom stereocenters. The van der Waals surface area contributed by atoms with Crippen LogP contribution in [0.2, 0.25) is 0 Å². The third-order valence-corrected chi connectivity index (χ3v) is 7.53. The number of nitrogens with one attached hydrogen (secondary N) is 1. The molecule has 6 rings (SSSR count). The second-order valence-electron chi connectivity index (χ2n) is 9.92. The van der Waals surface area contributed by atoms with Crippen LogP contribution in [0.5, 0.6) is 0 Å². The molecule has 0 amide bonds. The lowest BCUT2D eigenvalue weighted by Gasteiger charge is -2.30. The van der Waals surface area contributed by atoms with Crippen LogP contribution in [0.25, 0.3) is 38.8 Å². The van der Waals surface area contributed by atoms with Crippen LogP contribution in [0, 0.1) is 11.3 Å². The van der Waals surface area contributed by atoms with Crippen molar-refractivity contribution in [2.45, 2.75) is 32.2 Å². The van der Waals surface area contributed by atoms with Gasteiger partial charge in [0.2, 0.25) is 0 Å². The number of aromatic nitrogens is 3. The van der Waals surface area contributed by atoms with Gasteiger partial charge >= 0.3 is 0 Å². The first-order valence-electron chi connectivity index (χ1n) is 13.0. The molecule has 3 aromatic heterocycles. The molecule has 0 aliphatic carbocycles. The van der Waals surface area contributed by atoms with Crippen LogP contribution in [0.15, 0.2) is 73.2 Å². The van der Waals surface area contributed by atoms with E-state index in [2.05, 4.69) is 65.3 Å². The minimum Gasteiger partial charge on any atom is -0.381 e. The Hall–Kier alpha value is -4.21. The first kappa shape index (κ1) is 23.2. The second kappa shape index (κ2) is 9.68. The van der Waals surface area contributed by atoms with E-state index in [1.807, 2.05) is 42.7 Å². The zero-order valence-electron chi connectivity index (χ0n) is 21.3. The Morgan fingerprint density at radius 2 is 1.89 bits per heavy atom. The summed E-state index contributed by atoms with van der Waals surface area (Å²) in [7, 11) is 2.16. The third kappa shape index (κ3) is 4.32. The molecule has 6 heteroatoms. The van der Waals surface area contributed by atoms with E-state index in [0.29, 0.717) is 11.6 Å². The Kier molecular flexibility index (Phi) is 6.07. The maximum Gasteiger partial charge on any atom is 0.145 e. The van der Waals surface area contributed by atoms with Crippen LogP contribution in [0.3, 0.4) is 0 Å². The molecule has 0 saturated carbocycles. The van der Waals surface area contributed by atoms with E-state index >= 15 is 0 Å². The minimum absolute atomic E-state index is 0.372. The first-order chi connectivity index (χ1) is 18.1. The number of pyridine rings is 2. The molecule has 0 radical (unpaired) electrons. The topological polar surface area (TPSA) is 69.8 Å². The molecule has 184 valence electrons. The Balaban J connectivity index is 1.44. The van der Waals surface area contributed by atoms with E-state index in [4.69, 9.17) is 9.97 Å². The fourth-order valence-corrected chi connectivity index (χ4v) is 5.43. The van der Waals surface area contributed by atoms with E-state index in [1.165, 1.54) is 5.56 Å². The number of nitrogens with zero attached hydrogens (tertiary/aromatic N) is 5. The van der Waals surface area contributed by atoms with E-state index < -0.39 is 0 Å². The minimum atomic E-state index is 0.372. The zero-order valence-corrected chi connectivity index (χ0v) is 21.3. The van der Waals surface area contributed by atoms with Gasteiger partial charge in [-0.05, 0) is 86.9 Å². The van der Waals surface area contributed by atoms with Crippen molar-refractivity contribution < 1.29 is 0 Å². The van der Waals surface area contributed by atoms with Crippen molar-refractivity contribution in [1.82, 2.24) is 19.4 Å². The number of hydrogen-bond acceptors (Lipinski definition) is 5. The summed E-state index contributed by atoms with van der Waals surface area (Å²) in [5, 5.41) is 15.7. The Morgan fingerprint density at radius 1 is 1.05 bits per heavy atom. The van der Waals surface area contributed by atoms with Crippen molar-refractivity contribution in [3.05, 3.63) is 84.3 Å². The first-order valence-corrected chi connectivity index (χ1v) is 13.0. The molecule has 5 aromatic rings. The molecule has 6 nitrogen and oxygen atoms in total. The fourth-order valence-electron chi connectivity index (χ4n) is 5.43. The molecule has 1 saturated heterocycles. The van der Waals surface area contributed by atoms with Crippen LogP contribution in [0.1, 0.15) is 30.9 Å². The number of fused-ring (bicyclic) bond motifs is 2. The number of aryl methyl sites for hydroxylation is 1. The predicted octanol–water partition coefficient (Wildman–Crippen LogP) is 6.18. The molecule has 37 heavy (non-hydrogen) atoms. The fraction of sp³-hybridized carbons (Fsp3) is 0.258. The highest BCUT2D eigenvalue weighted by molar-refractivity contribution is 5.98. The summed E-state index contributed by atoms with van der Waals surface area (Å²) >= 11 is 0. The lowest BCUT2D eigenvalue weighted by atomic mass is 10.0. The number of para-hydroxylation sites is 1. The van der Waals surface area contributed by atoms with Crippen molar-refractivity contribution in [1.29, 1.82) is 5.26 Å². The molecule has 0 spiro atoms. The van der Waals surface area contributed by atoms with Crippen LogP contribution in [0.4, 0.5) is 5.69 Å². The van der Waals surface area contributed by atoms with Crippen molar-refractivity contribution >= 4 is 27.6 Å². The highest BCUT2D eigenvalue weighted by Gasteiger charge is 2.19. The van der Waals surface area contributed by atoms with Gasteiger partial charge in [-0.1, -0.05) is 25.1 Å². The second-order valence-corrected chi connectivity index (χ2v) is 9.92. The quantitative estimate of drug-likeness (QED) is 0.321. The summed E-state index contributed by atoms with van der Waals surface area (Å²) in [6, 6.07) is 21.3. The number of benzene rings is 2. The number of piperidine rings is 1. The van der Waals surface area contributed by atoms with Gasteiger partial charge in [-0.15, -0.1) is 0 Å². The van der Waals surface area contributed by atoms with Crippen LogP contribution in [-0.4, -0.2) is 45.6 Å². The average molecular weight is 487 g/mol. The number of likely N-dealkylation sites (tertiary alicyclic amines) is 1. The lowest BCUT2D eigenvalue weighted by Crippen LogP contribution is -2.36. The lowest BCUT2D eigenvalue weighted by molar-refractivity contribution is 0.264. The molecule has 1 aliphatic heterocycles. The van der Waals surface area contributed by atoms with Crippen molar-refractivity contribution in [3.8, 4) is 22.9 Å². The third-order valence-electron chi connectivity index (χ3n) is 7.53. The van der Waals surface area contributed by atoms with Crippen LogP contribution >= 0.6 is 0 Å². The van der Waals surface area contributed by atoms with Gasteiger partial charge in [0.15, 0.2) is 0 Å². The summed E-state index contributed by atoms with van der Waals surface area (Å²) in [4.78, 5) is 11.9. The molecule has 1 fully saturated rings. The van der Waals surface area contributed by atoms with Crippen molar-refractivity contribution in [3.63, 3.8) is 0 Å². The molecule has 4 heterocycles. The van der Waals surface area contributed by atoms with E-state index in [-0.39, 0.29) is 0 Å². The SMILES string of the molecule is CCc1cn(-c2ccc(C#N)c(NC3CCN(C)CC3)c2)c2nccc(-c3cnc4ccccc4c3)c12. The van der Waals surface area contributed by atoms with Gasteiger partial charge in [-0.25, -0.2) is 4.98 Å². The number of anilines is 1. The van der Waals surface area contributed by atoms with Crippen molar-refractivity contribution in [2.75, 3.05) is 25.5 Å². The van der Waals surface area contributed by atoms with E-state index in [0.717, 1.165) is 76.8 Å². The highest BCUT2D eigenvalue weighted by atomic mass is 15.1. The smallest absolute Gasteiger partial charge is 0.145 e. The summed E-state index contributed by atoms with van der Waals surface area (Å²) in [6.07, 6.45) is 9.06. The number of nitriles is 1. The van der Waals surface area contributed by atoms with Gasteiger partial charge < -0.3 is 14.8 Å². The van der Waals surface area contributed by atoms with Crippen LogP contribution in [-0.2, 0) is 6.42 Å². The Morgan fingerprint density at radius 3 is 2.70 bits per heavy atom. The standard InChI is InChI=1S/C31H30N6/c1-3-21-20-37(26-9-8-23(18-32)29(17-26)35-25-11-14-36(2)15-12-25)31-30(21)27(10-13-33-31)24-16-22-6-4-5-7-28(22)34-19-24/h4-10,13,16-17,19-20,25,35H,3,11-12,14-15H2,1-2H3. The van der Waals surface area contributed by atoms with Crippen LogP contribution < -0.4 is 5.32 Å². The van der Waals surface area contributed by atoms with E-state index in [9.17, 15) is 5.26 Å². The molecule has 0 atom stereocenters. The van der Waals surface area contributed by atoms with Gasteiger partial charge in [-0.2, -0.15) is 5.26 Å². The summed E-state index contributed by atoms with van der Waals surface area (Å²) in [6.45, 7) is 4.32. The maximum atomic E-state index is 9.78. The summed E-state index contributed by atoms with van der Waals surface area (Å²) in [5.41, 5.74) is 7.93. The van der Waals surface area contributed by atoms with Gasteiger partial charge in [-0.3, -0.25) is 4.98 Å². The molecule has 2 aromatic carbocycles. The molecular formula is C31H30N6. The van der Waals surface area contributed by atoms with Gasteiger partial charge in [0.25, 0.3) is 0 Å². The summed E-state index contributed by atoms with van der Waals surface area (Å²) in [5.74, 6) is 0. The Bertz CT molecular complexity index is 1640. The van der Waals surface area contributed by atoms with E-state index in [1.54, 1.807) is 0 Å². The summed E-state index contributed by atoms with van der Waals surface area (Å²) < 4.78 is 2.16. The zero-order chi connectivity index (χ0) is 25.4. The normalized spacial score (nSPS) is 14.7. The predicted molar refractivity (Wildman–Crippen MR) is 150 cm³/mol. The van der Waals surface area contributed by atoms with Gasteiger partial charge in [0, 0.05) is 46.7 Å². The highest BCUT2D eigenvalue weighted by Crippen LogP contribution is 2.35. The van der Waals surface area contributed by atoms with Gasteiger partial charge in [0.05, 0.1) is 16.8 Å². The maximum absolute atomic E-state index is 9.78. The average Bonchev–Trinajstić information content (AvgIpc) is 3.33. The van der Waals surface area contributed by atoms with Crippen molar-refractivity contribution in [2.24, 2.45) is 0 Å². The van der Waals surface area contributed by atoms with Gasteiger partial charge in [0.1, 0.15) is 11.7 Å². The molecule has 1 aliphatic rings.